The smallest absolute Gasteiger partial charge is 0.233 e. The van der Waals surface area contributed by atoms with E-state index in [1.54, 1.807) is 61.1 Å². The minimum Gasteiger partial charge on any atom is -0.465 e. The van der Waals surface area contributed by atoms with Gasteiger partial charge in [-0.1, -0.05) is 90.9 Å². The van der Waals surface area contributed by atoms with Gasteiger partial charge >= 0.3 is 0 Å². The molecule has 0 aromatic heterocycles. The summed E-state index contributed by atoms with van der Waals surface area (Å²) in [5, 5.41) is 0. The molecule has 0 aliphatic heterocycles. The third-order valence-electron chi connectivity index (χ3n) is 6.99. The zero-order valence-corrected chi connectivity index (χ0v) is 24.9. The van der Waals surface area contributed by atoms with E-state index in [1.165, 1.54) is 89.9 Å². The standard InChI is InChI=1S/C36H50O4/c1-3-5-7-9-11-13-15-17-19-29-39-33-25-21-31(22-26-33)35(37)36(38)32-23-27-34(28-24-32)40-30-20-18-16-14-12-10-8-6-4-2/h19-30H,3-18H2,1-2H3. The number of allylic oxidation sites excluding steroid dienone is 2. The number of hydrogen-bond acceptors (Lipinski definition) is 4. The highest BCUT2D eigenvalue weighted by Gasteiger charge is 2.18. The molecule has 4 nitrogen and oxygen atoms in total. The van der Waals surface area contributed by atoms with Crippen molar-refractivity contribution in [3.05, 3.63) is 84.3 Å². The van der Waals surface area contributed by atoms with E-state index < -0.39 is 11.6 Å². The lowest BCUT2D eigenvalue weighted by atomic mass is 10.0. The first-order valence-electron chi connectivity index (χ1n) is 15.6. The third-order valence-corrected chi connectivity index (χ3v) is 6.99. The normalized spacial score (nSPS) is 11.3. The van der Waals surface area contributed by atoms with Crippen molar-refractivity contribution in [2.45, 2.75) is 117 Å². The second-order valence-electron chi connectivity index (χ2n) is 10.5. The summed E-state index contributed by atoms with van der Waals surface area (Å²) in [7, 11) is 0. The summed E-state index contributed by atoms with van der Waals surface area (Å²) in [4.78, 5) is 25.4. The van der Waals surface area contributed by atoms with Crippen LogP contribution < -0.4 is 9.47 Å². The average molecular weight is 547 g/mol. The Morgan fingerprint density at radius 1 is 0.500 bits per heavy atom. The van der Waals surface area contributed by atoms with Gasteiger partial charge in [-0.3, -0.25) is 9.59 Å². The zero-order chi connectivity index (χ0) is 28.7. The first-order valence-corrected chi connectivity index (χ1v) is 15.6. The molecular formula is C36H50O4. The van der Waals surface area contributed by atoms with E-state index in [0.29, 0.717) is 22.6 Å². The number of ether oxygens (including phenoxy) is 2. The molecule has 4 heteroatoms. The molecule has 0 bridgehead atoms. The molecule has 0 saturated carbocycles. The fraction of sp³-hybridized carbons (Fsp3) is 0.500. The van der Waals surface area contributed by atoms with Gasteiger partial charge in [0.1, 0.15) is 11.5 Å². The maximum Gasteiger partial charge on any atom is 0.233 e. The highest BCUT2D eigenvalue weighted by atomic mass is 16.5. The first-order chi connectivity index (χ1) is 19.7. The summed E-state index contributed by atoms with van der Waals surface area (Å²) in [6.07, 6.45) is 27.5. The Labute approximate surface area is 242 Å². The van der Waals surface area contributed by atoms with Crippen molar-refractivity contribution < 1.29 is 19.1 Å². The number of ketones is 2. The summed E-state index contributed by atoms with van der Waals surface area (Å²) in [6, 6.07) is 13.4. The molecule has 0 atom stereocenters. The lowest BCUT2D eigenvalue weighted by Gasteiger charge is -2.05. The predicted octanol–water partition coefficient (Wildman–Crippen LogP) is 10.8. The third kappa shape index (κ3) is 14.3. The van der Waals surface area contributed by atoms with Gasteiger partial charge in [-0.15, -0.1) is 0 Å². The van der Waals surface area contributed by atoms with E-state index in [4.69, 9.17) is 9.47 Å². The van der Waals surface area contributed by atoms with Crippen LogP contribution in [0.2, 0.25) is 0 Å². The molecule has 0 saturated heterocycles. The van der Waals surface area contributed by atoms with Crippen LogP contribution in [0.25, 0.3) is 0 Å². The van der Waals surface area contributed by atoms with E-state index in [2.05, 4.69) is 13.8 Å². The lowest BCUT2D eigenvalue weighted by Crippen LogP contribution is -2.14. The van der Waals surface area contributed by atoms with Crippen LogP contribution in [-0.4, -0.2) is 11.6 Å². The number of unbranched alkanes of at least 4 members (excludes halogenated alkanes) is 14. The van der Waals surface area contributed by atoms with Crippen LogP contribution in [0.3, 0.4) is 0 Å². The van der Waals surface area contributed by atoms with Gasteiger partial charge in [0, 0.05) is 11.1 Å². The fourth-order valence-electron chi connectivity index (χ4n) is 4.46. The molecular weight excluding hydrogens is 496 g/mol. The average Bonchev–Trinajstić information content (AvgIpc) is 2.99. The Balaban J connectivity index is 1.67. The van der Waals surface area contributed by atoms with Gasteiger partial charge in [0.25, 0.3) is 0 Å². The van der Waals surface area contributed by atoms with E-state index in [1.807, 2.05) is 12.2 Å². The maximum atomic E-state index is 12.7. The van der Waals surface area contributed by atoms with Crippen LogP contribution in [0, 0.1) is 0 Å². The van der Waals surface area contributed by atoms with E-state index in [-0.39, 0.29) is 0 Å². The monoisotopic (exact) mass is 546 g/mol. The zero-order valence-electron chi connectivity index (χ0n) is 24.9. The number of benzene rings is 2. The Bertz CT molecular complexity index is 919. The predicted molar refractivity (Wildman–Crippen MR) is 166 cm³/mol. The number of Topliss-reactive ketones (excluding diaryl/α,β-unsaturated/α-hetero) is 2. The molecule has 2 aromatic carbocycles. The molecule has 0 amide bonds. The lowest BCUT2D eigenvalue weighted by molar-refractivity contribution is 0.0817. The van der Waals surface area contributed by atoms with E-state index in [9.17, 15) is 9.59 Å². The topological polar surface area (TPSA) is 52.6 Å². The van der Waals surface area contributed by atoms with Crippen molar-refractivity contribution in [1.82, 2.24) is 0 Å². The molecule has 0 heterocycles. The molecule has 0 aliphatic rings. The summed E-state index contributed by atoms with van der Waals surface area (Å²) in [6.45, 7) is 4.48. The molecule has 0 spiro atoms. The van der Waals surface area contributed by atoms with Gasteiger partial charge in [0.15, 0.2) is 0 Å². The van der Waals surface area contributed by atoms with Gasteiger partial charge in [-0.25, -0.2) is 0 Å². The molecule has 2 aromatic rings. The molecule has 0 unspecified atom stereocenters. The van der Waals surface area contributed by atoms with Crippen LogP contribution in [-0.2, 0) is 0 Å². The van der Waals surface area contributed by atoms with E-state index >= 15 is 0 Å². The van der Waals surface area contributed by atoms with E-state index in [0.717, 1.165) is 12.8 Å². The minimum absolute atomic E-state index is 0.345. The molecule has 0 aliphatic carbocycles. The molecule has 2 rings (SSSR count). The Morgan fingerprint density at radius 2 is 0.825 bits per heavy atom. The van der Waals surface area contributed by atoms with Gasteiger partial charge in [-0.2, -0.15) is 0 Å². The Kier molecular flexibility index (Phi) is 17.9. The van der Waals surface area contributed by atoms with Gasteiger partial charge < -0.3 is 9.47 Å². The van der Waals surface area contributed by atoms with Gasteiger partial charge in [-0.05, 0) is 86.4 Å². The highest BCUT2D eigenvalue weighted by Crippen LogP contribution is 2.18. The number of carbonyl (C=O) groups is 2. The van der Waals surface area contributed by atoms with Crippen LogP contribution >= 0.6 is 0 Å². The minimum atomic E-state index is -0.538. The molecule has 0 N–H and O–H groups in total. The van der Waals surface area contributed by atoms with Crippen LogP contribution in [0.15, 0.2) is 73.2 Å². The van der Waals surface area contributed by atoms with Crippen LogP contribution in [0.4, 0.5) is 0 Å². The second kappa shape index (κ2) is 21.7. The summed E-state index contributed by atoms with van der Waals surface area (Å²) >= 11 is 0. The summed E-state index contributed by atoms with van der Waals surface area (Å²) in [5.41, 5.74) is 0.691. The Morgan fingerprint density at radius 3 is 1.18 bits per heavy atom. The highest BCUT2D eigenvalue weighted by molar-refractivity contribution is 6.49. The number of carbonyl (C=O) groups excluding carboxylic acids is 2. The van der Waals surface area contributed by atoms with Crippen molar-refractivity contribution in [2.75, 3.05) is 0 Å². The van der Waals surface area contributed by atoms with Crippen molar-refractivity contribution in [2.24, 2.45) is 0 Å². The van der Waals surface area contributed by atoms with Gasteiger partial charge in [0.2, 0.25) is 11.6 Å². The fourth-order valence-corrected chi connectivity index (χ4v) is 4.46. The molecule has 0 radical (unpaired) electrons. The number of hydrogen-bond donors (Lipinski definition) is 0. The van der Waals surface area contributed by atoms with Crippen LogP contribution in [0.5, 0.6) is 11.5 Å². The molecule has 40 heavy (non-hydrogen) atoms. The second-order valence-corrected chi connectivity index (χ2v) is 10.5. The Hall–Kier alpha value is -3.14. The van der Waals surface area contributed by atoms with Crippen molar-refractivity contribution >= 4 is 11.6 Å². The first kappa shape index (κ1) is 33.1. The summed E-state index contributed by atoms with van der Waals surface area (Å²) < 4.78 is 11.3. The summed E-state index contributed by atoms with van der Waals surface area (Å²) in [5.74, 6) is 0.205. The number of rotatable bonds is 23. The van der Waals surface area contributed by atoms with Crippen molar-refractivity contribution in [1.29, 1.82) is 0 Å². The molecule has 0 fully saturated rings. The largest absolute Gasteiger partial charge is 0.465 e. The maximum absolute atomic E-state index is 12.7. The van der Waals surface area contributed by atoms with Crippen molar-refractivity contribution in [3.8, 4) is 11.5 Å². The van der Waals surface area contributed by atoms with Gasteiger partial charge in [0.05, 0.1) is 12.5 Å². The quantitative estimate of drug-likeness (QED) is 0.0602. The van der Waals surface area contributed by atoms with Crippen molar-refractivity contribution in [3.63, 3.8) is 0 Å². The molecule has 218 valence electrons. The SMILES string of the molecule is CCCCCCCCCC=COc1ccc(C(=O)C(=O)c2ccc(OC=CCCCCCCCCC)cc2)cc1. The van der Waals surface area contributed by atoms with Crippen LogP contribution in [0.1, 0.15) is 137 Å².